The van der Waals surface area contributed by atoms with Gasteiger partial charge in [-0.2, -0.15) is 0 Å². The Hall–Kier alpha value is -3.25. The zero-order valence-electron chi connectivity index (χ0n) is 17.5. The van der Waals surface area contributed by atoms with Crippen LogP contribution < -0.4 is 5.56 Å². The van der Waals surface area contributed by atoms with Crippen LogP contribution in [0.1, 0.15) is 27.0 Å². The predicted octanol–water partition coefficient (Wildman–Crippen LogP) is 5.43. The molecular formula is C25H21FN2O2S. The van der Waals surface area contributed by atoms with Gasteiger partial charge in [0.2, 0.25) is 0 Å². The molecule has 1 heterocycles. The minimum atomic E-state index is -0.528. The van der Waals surface area contributed by atoms with Crippen LogP contribution in [0.25, 0.3) is 16.6 Å². The van der Waals surface area contributed by atoms with Gasteiger partial charge in [0.05, 0.1) is 22.3 Å². The molecule has 0 aliphatic heterocycles. The Bertz CT molecular complexity index is 1380. The fourth-order valence-electron chi connectivity index (χ4n) is 3.52. The number of para-hydroxylation sites is 2. The van der Waals surface area contributed by atoms with Gasteiger partial charge in [-0.3, -0.25) is 14.2 Å². The summed E-state index contributed by atoms with van der Waals surface area (Å²) in [4.78, 5) is 30.7. The Balaban J connectivity index is 1.78. The number of aryl methyl sites for hydroxylation is 3. The lowest BCUT2D eigenvalue weighted by atomic mass is 9.99. The van der Waals surface area contributed by atoms with Crippen LogP contribution in [0.5, 0.6) is 0 Å². The average Bonchev–Trinajstić information content (AvgIpc) is 2.75. The van der Waals surface area contributed by atoms with E-state index in [4.69, 9.17) is 0 Å². The highest BCUT2D eigenvalue weighted by atomic mass is 32.2. The van der Waals surface area contributed by atoms with Crippen molar-refractivity contribution in [2.24, 2.45) is 0 Å². The molecule has 0 radical (unpaired) electrons. The van der Waals surface area contributed by atoms with Crippen molar-refractivity contribution in [2.45, 2.75) is 25.9 Å². The minimum Gasteiger partial charge on any atom is -0.293 e. The molecule has 0 atom stereocenters. The molecule has 0 saturated carbocycles. The van der Waals surface area contributed by atoms with Gasteiger partial charge in [0.25, 0.3) is 5.56 Å². The number of rotatable bonds is 5. The first-order valence-electron chi connectivity index (χ1n) is 9.87. The molecule has 0 spiro atoms. The van der Waals surface area contributed by atoms with E-state index >= 15 is 0 Å². The second kappa shape index (κ2) is 8.47. The van der Waals surface area contributed by atoms with Gasteiger partial charge in [0.1, 0.15) is 5.82 Å². The lowest BCUT2D eigenvalue weighted by Crippen LogP contribution is -2.23. The van der Waals surface area contributed by atoms with Crippen LogP contribution in [0.3, 0.4) is 0 Å². The molecule has 0 bridgehead atoms. The highest BCUT2D eigenvalue weighted by Crippen LogP contribution is 2.25. The molecule has 4 aromatic rings. The highest BCUT2D eigenvalue weighted by Gasteiger charge is 2.18. The standard InChI is InChI=1S/C25H21FN2O2S/c1-15-12-17(3)19(13-16(15)2)23(29)14-31-25-27-21-10-6-4-8-18(21)24(30)28(25)22-11-7-5-9-20(22)26/h4-13H,14H2,1-3H3. The number of carbonyl (C=O) groups excluding carboxylic acids is 1. The van der Waals surface area contributed by atoms with Crippen molar-refractivity contribution >= 4 is 28.4 Å². The van der Waals surface area contributed by atoms with Gasteiger partial charge in [-0.05, 0) is 67.8 Å². The van der Waals surface area contributed by atoms with Gasteiger partial charge in [-0.15, -0.1) is 0 Å². The van der Waals surface area contributed by atoms with Gasteiger partial charge >= 0.3 is 0 Å². The first-order valence-corrected chi connectivity index (χ1v) is 10.9. The summed E-state index contributed by atoms with van der Waals surface area (Å²) in [5, 5.41) is 0.676. The number of hydrogen-bond donors (Lipinski definition) is 0. The number of aromatic nitrogens is 2. The van der Waals surface area contributed by atoms with Crippen molar-refractivity contribution in [3.8, 4) is 5.69 Å². The summed E-state index contributed by atoms with van der Waals surface area (Å²) in [6, 6.07) is 16.9. The molecule has 31 heavy (non-hydrogen) atoms. The number of halogens is 1. The Morgan fingerprint density at radius 3 is 2.42 bits per heavy atom. The van der Waals surface area contributed by atoms with Gasteiger partial charge in [-0.25, -0.2) is 9.37 Å². The lowest BCUT2D eigenvalue weighted by molar-refractivity contribution is 0.102. The van der Waals surface area contributed by atoms with Crippen molar-refractivity contribution in [3.63, 3.8) is 0 Å². The third-order valence-electron chi connectivity index (χ3n) is 5.31. The lowest BCUT2D eigenvalue weighted by Gasteiger charge is -2.14. The molecule has 4 rings (SSSR count). The van der Waals surface area contributed by atoms with Crippen LogP contribution in [0.4, 0.5) is 4.39 Å². The molecule has 156 valence electrons. The summed E-state index contributed by atoms with van der Waals surface area (Å²) in [5.74, 6) is -0.504. The average molecular weight is 433 g/mol. The molecule has 6 heteroatoms. The highest BCUT2D eigenvalue weighted by molar-refractivity contribution is 7.99. The number of carbonyl (C=O) groups is 1. The molecular weight excluding hydrogens is 411 g/mol. The van der Waals surface area contributed by atoms with E-state index in [0.717, 1.165) is 28.5 Å². The maximum atomic E-state index is 14.6. The number of ketones is 1. The summed E-state index contributed by atoms with van der Waals surface area (Å²) in [6.45, 7) is 5.89. The number of nitrogens with zero attached hydrogens (tertiary/aromatic N) is 2. The third kappa shape index (κ3) is 4.03. The van der Waals surface area contributed by atoms with Gasteiger partial charge < -0.3 is 0 Å². The molecule has 0 fully saturated rings. The van der Waals surface area contributed by atoms with E-state index in [0.29, 0.717) is 16.5 Å². The SMILES string of the molecule is Cc1cc(C)c(C(=O)CSc2nc3ccccc3c(=O)n2-c2ccccc2F)cc1C. The van der Waals surface area contributed by atoms with E-state index in [2.05, 4.69) is 4.98 Å². The fourth-order valence-corrected chi connectivity index (χ4v) is 4.41. The zero-order chi connectivity index (χ0) is 22.1. The maximum Gasteiger partial charge on any atom is 0.266 e. The molecule has 0 saturated heterocycles. The minimum absolute atomic E-state index is 0.0620. The number of benzene rings is 3. The maximum absolute atomic E-state index is 14.6. The van der Waals surface area contributed by atoms with E-state index in [9.17, 15) is 14.0 Å². The molecule has 0 amide bonds. The monoisotopic (exact) mass is 432 g/mol. The van der Waals surface area contributed by atoms with Crippen LogP contribution >= 0.6 is 11.8 Å². The Morgan fingerprint density at radius 1 is 0.968 bits per heavy atom. The number of Topliss-reactive ketones (excluding diaryl/α,β-unsaturated/α-hetero) is 1. The number of thioether (sulfide) groups is 1. The van der Waals surface area contributed by atoms with Gasteiger partial charge in [0.15, 0.2) is 10.9 Å². The predicted molar refractivity (Wildman–Crippen MR) is 123 cm³/mol. The van der Waals surface area contributed by atoms with Crippen LogP contribution in [-0.4, -0.2) is 21.1 Å². The first kappa shape index (κ1) is 21.0. The summed E-state index contributed by atoms with van der Waals surface area (Å²) in [6.07, 6.45) is 0. The third-order valence-corrected chi connectivity index (χ3v) is 6.25. The molecule has 0 aliphatic carbocycles. The molecule has 0 N–H and O–H groups in total. The summed E-state index contributed by atoms with van der Waals surface area (Å²) >= 11 is 1.14. The number of hydrogen-bond acceptors (Lipinski definition) is 4. The van der Waals surface area contributed by atoms with Crippen LogP contribution in [0.15, 0.2) is 70.6 Å². The summed E-state index contributed by atoms with van der Waals surface area (Å²) < 4.78 is 15.8. The van der Waals surface area contributed by atoms with Crippen molar-refractivity contribution in [1.82, 2.24) is 9.55 Å². The molecule has 0 unspecified atom stereocenters. The fraction of sp³-hybridized carbons (Fsp3) is 0.160. The topological polar surface area (TPSA) is 52.0 Å². The Kier molecular flexibility index (Phi) is 5.74. The van der Waals surface area contributed by atoms with E-state index in [-0.39, 0.29) is 27.9 Å². The molecule has 4 nitrogen and oxygen atoms in total. The van der Waals surface area contributed by atoms with E-state index in [1.165, 1.54) is 16.7 Å². The molecule has 3 aromatic carbocycles. The van der Waals surface area contributed by atoms with Crippen LogP contribution in [0.2, 0.25) is 0 Å². The largest absolute Gasteiger partial charge is 0.293 e. The quantitative estimate of drug-likeness (QED) is 0.240. The van der Waals surface area contributed by atoms with E-state index in [1.54, 1.807) is 36.4 Å². The van der Waals surface area contributed by atoms with Crippen molar-refractivity contribution in [3.05, 3.63) is 99.1 Å². The van der Waals surface area contributed by atoms with Crippen LogP contribution in [0, 0.1) is 26.6 Å². The second-order valence-electron chi connectivity index (χ2n) is 7.47. The Morgan fingerprint density at radius 2 is 1.65 bits per heavy atom. The summed E-state index contributed by atoms with van der Waals surface area (Å²) in [7, 11) is 0. The zero-order valence-corrected chi connectivity index (χ0v) is 18.3. The Labute approximate surface area is 183 Å². The van der Waals surface area contributed by atoms with E-state index < -0.39 is 5.82 Å². The van der Waals surface area contributed by atoms with Crippen molar-refractivity contribution in [2.75, 3.05) is 5.75 Å². The molecule has 0 aliphatic rings. The van der Waals surface area contributed by atoms with Crippen molar-refractivity contribution in [1.29, 1.82) is 0 Å². The smallest absolute Gasteiger partial charge is 0.266 e. The van der Waals surface area contributed by atoms with Crippen molar-refractivity contribution < 1.29 is 9.18 Å². The normalized spacial score (nSPS) is 11.1. The van der Waals surface area contributed by atoms with Gasteiger partial charge in [0, 0.05) is 5.56 Å². The van der Waals surface area contributed by atoms with Gasteiger partial charge in [-0.1, -0.05) is 42.1 Å². The van der Waals surface area contributed by atoms with E-state index in [1.807, 2.05) is 32.9 Å². The molecule has 1 aromatic heterocycles. The summed E-state index contributed by atoms with van der Waals surface area (Å²) in [5.41, 5.74) is 3.99. The first-order chi connectivity index (χ1) is 14.9. The number of fused-ring (bicyclic) bond motifs is 1. The second-order valence-corrected chi connectivity index (χ2v) is 8.41. The van der Waals surface area contributed by atoms with Crippen LogP contribution in [-0.2, 0) is 0 Å².